The van der Waals surface area contributed by atoms with Gasteiger partial charge in [0.25, 0.3) is 10.0 Å². The molecule has 2 aromatic rings. The van der Waals surface area contributed by atoms with E-state index in [1.165, 1.54) is 23.7 Å². The Bertz CT molecular complexity index is 854. The fourth-order valence-corrected chi connectivity index (χ4v) is 4.53. The Morgan fingerprint density at radius 1 is 1.22 bits per heavy atom. The molecule has 1 saturated heterocycles. The van der Waals surface area contributed by atoms with Crippen molar-refractivity contribution in [3.05, 3.63) is 36.2 Å². The van der Waals surface area contributed by atoms with Gasteiger partial charge in [0.05, 0.1) is 5.69 Å². The number of likely N-dealkylation sites (tertiary alicyclic amines) is 1. The van der Waals surface area contributed by atoms with Crippen LogP contribution >= 0.6 is 0 Å². The first-order valence-electron chi connectivity index (χ1n) is 9.32. The lowest BCUT2D eigenvalue weighted by Crippen LogP contribution is -2.35. The Morgan fingerprint density at radius 2 is 1.89 bits per heavy atom. The van der Waals surface area contributed by atoms with Crippen molar-refractivity contribution in [2.45, 2.75) is 31.6 Å². The maximum atomic E-state index is 12.5. The number of nitrogens with zero attached hydrogens (tertiary/aromatic N) is 3. The van der Waals surface area contributed by atoms with E-state index in [-0.39, 0.29) is 4.90 Å². The summed E-state index contributed by atoms with van der Waals surface area (Å²) in [4.78, 5) is 2.61. The van der Waals surface area contributed by atoms with Crippen LogP contribution in [0, 0.1) is 12.8 Å². The lowest BCUT2D eigenvalue weighted by molar-refractivity contribution is 0.160. The Hall–Kier alpha value is -2.06. The number of hydrogen-bond donors (Lipinski definition) is 1. The van der Waals surface area contributed by atoms with Gasteiger partial charge in [-0.05, 0) is 63.0 Å². The predicted molar refractivity (Wildman–Crippen MR) is 106 cm³/mol. The molecule has 1 aromatic carbocycles. The van der Waals surface area contributed by atoms with Crippen molar-refractivity contribution in [2.24, 2.45) is 13.0 Å². The average molecular weight is 393 g/mol. The second-order valence-electron chi connectivity index (χ2n) is 7.25. The summed E-state index contributed by atoms with van der Waals surface area (Å²) in [7, 11) is -1.96. The number of sulfonamides is 1. The summed E-state index contributed by atoms with van der Waals surface area (Å²) in [5, 5.41) is 4.08. The maximum absolute atomic E-state index is 12.5. The molecule has 0 unspecified atom stereocenters. The number of benzene rings is 1. The molecule has 0 radical (unpaired) electrons. The lowest BCUT2D eigenvalue weighted by Gasteiger charge is -2.29. The fourth-order valence-electron chi connectivity index (χ4n) is 3.25. The quantitative estimate of drug-likeness (QED) is 0.784. The monoisotopic (exact) mass is 392 g/mol. The average Bonchev–Trinajstić information content (AvgIpc) is 2.97. The Balaban J connectivity index is 1.52. The van der Waals surface area contributed by atoms with Crippen LogP contribution in [0.25, 0.3) is 0 Å². The zero-order valence-corrected chi connectivity index (χ0v) is 17.0. The van der Waals surface area contributed by atoms with Crippen molar-refractivity contribution in [1.29, 1.82) is 0 Å². The van der Waals surface area contributed by atoms with Crippen LogP contribution in [0.1, 0.15) is 25.5 Å². The molecule has 1 aliphatic rings. The van der Waals surface area contributed by atoms with E-state index in [0.29, 0.717) is 18.0 Å². The topological polar surface area (TPSA) is 76.5 Å². The highest BCUT2D eigenvalue weighted by Gasteiger charge is 2.20. The van der Waals surface area contributed by atoms with Crippen molar-refractivity contribution in [1.82, 2.24) is 14.7 Å². The number of aryl methyl sites for hydroxylation is 2. The Labute approximate surface area is 161 Å². The highest BCUT2D eigenvalue weighted by Crippen LogP contribution is 2.21. The van der Waals surface area contributed by atoms with Crippen LogP contribution in [0.3, 0.4) is 0 Å². The van der Waals surface area contributed by atoms with Crippen LogP contribution < -0.4 is 9.46 Å². The molecule has 0 aliphatic carbocycles. The third-order valence-electron chi connectivity index (χ3n) is 4.92. The molecule has 27 heavy (non-hydrogen) atoms. The molecule has 1 fully saturated rings. The summed E-state index contributed by atoms with van der Waals surface area (Å²) in [5.41, 5.74) is 0.965. The van der Waals surface area contributed by atoms with Crippen molar-refractivity contribution in [3.63, 3.8) is 0 Å². The molecular formula is C19H28N4O3S. The van der Waals surface area contributed by atoms with Gasteiger partial charge in [-0.25, -0.2) is 8.42 Å². The minimum absolute atomic E-state index is 0.182. The van der Waals surface area contributed by atoms with Gasteiger partial charge in [0.15, 0.2) is 0 Å². The SMILES string of the molecule is Cc1nn(C)cc1S(=O)(=O)Nc1ccc(OCCN2CCC(C)CC2)cc1. The van der Waals surface area contributed by atoms with E-state index in [1.807, 2.05) is 0 Å². The van der Waals surface area contributed by atoms with E-state index in [9.17, 15) is 8.42 Å². The second kappa shape index (κ2) is 8.31. The van der Waals surface area contributed by atoms with Gasteiger partial charge < -0.3 is 4.74 Å². The molecule has 2 heterocycles. The van der Waals surface area contributed by atoms with Crippen molar-refractivity contribution in [3.8, 4) is 5.75 Å². The third kappa shape index (κ3) is 5.23. The standard InChI is InChI=1S/C19H28N4O3S/c1-15-8-10-23(11-9-15)12-13-26-18-6-4-17(5-7-18)21-27(24,25)19-14-22(3)20-16(19)2/h4-7,14-15,21H,8-13H2,1-3H3. The summed E-state index contributed by atoms with van der Waals surface area (Å²) in [5.74, 6) is 1.56. The zero-order chi connectivity index (χ0) is 19.4. The fraction of sp³-hybridized carbons (Fsp3) is 0.526. The highest BCUT2D eigenvalue weighted by atomic mass is 32.2. The van der Waals surface area contributed by atoms with Crippen LogP contribution in [0.2, 0.25) is 0 Å². The first kappa shape index (κ1) is 19.7. The third-order valence-corrected chi connectivity index (χ3v) is 6.40. The number of nitrogens with one attached hydrogen (secondary N) is 1. The van der Waals surface area contributed by atoms with Crippen molar-refractivity contribution < 1.29 is 13.2 Å². The van der Waals surface area contributed by atoms with E-state index < -0.39 is 10.0 Å². The molecule has 0 bridgehead atoms. The summed E-state index contributed by atoms with van der Waals surface area (Å²) in [6.45, 7) is 7.81. The van der Waals surface area contributed by atoms with E-state index in [0.717, 1.165) is 31.3 Å². The molecule has 1 aromatic heterocycles. The Kier molecular flexibility index (Phi) is 6.06. The molecule has 0 atom stereocenters. The van der Waals surface area contributed by atoms with Gasteiger partial charge >= 0.3 is 0 Å². The van der Waals surface area contributed by atoms with Gasteiger partial charge in [-0.1, -0.05) is 6.92 Å². The normalized spacial score (nSPS) is 16.4. The minimum atomic E-state index is -3.65. The smallest absolute Gasteiger partial charge is 0.265 e. The number of anilines is 1. The summed E-state index contributed by atoms with van der Waals surface area (Å²) >= 11 is 0. The van der Waals surface area contributed by atoms with Crippen LogP contribution in [0.15, 0.2) is 35.4 Å². The summed E-state index contributed by atoms with van der Waals surface area (Å²) in [6.07, 6.45) is 4.01. The first-order chi connectivity index (χ1) is 12.8. The Morgan fingerprint density at radius 3 is 2.48 bits per heavy atom. The summed E-state index contributed by atoms with van der Waals surface area (Å²) < 4.78 is 34.8. The molecule has 3 rings (SSSR count). The second-order valence-corrected chi connectivity index (χ2v) is 8.91. The molecule has 0 spiro atoms. The molecule has 148 valence electrons. The maximum Gasteiger partial charge on any atom is 0.265 e. The lowest BCUT2D eigenvalue weighted by atomic mass is 9.99. The van der Waals surface area contributed by atoms with Gasteiger partial charge in [-0.2, -0.15) is 5.10 Å². The largest absolute Gasteiger partial charge is 0.492 e. The van der Waals surface area contributed by atoms with Crippen LogP contribution in [-0.2, 0) is 17.1 Å². The van der Waals surface area contributed by atoms with Gasteiger partial charge in [0.1, 0.15) is 17.3 Å². The predicted octanol–water partition coefficient (Wildman–Crippen LogP) is 2.64. The minimum Gasteiger partial charge on any atom is -0.492 e. The van der Waals surface area contributed by atoms with Crippen molar-refractivity contribution >= 4 is 15.7 Å². The van der Waals surface area contributed by atoms with Crippen LogP contribution in [-0.4, -0.2) is 49.3 Å². The van der Waals surface area contributed by atoms with E-state index in [4.69, 9.17) is 4.74 Å². The molecule has 0 amide bonds. The van der Waals surface area contributed by atoms with Gasteiger partial charge in [0, 0.05) is 25.5 Å². The van der Waals surface area contributed by atoms with E-state index in [2.05, 4.69) is 21.6 Å². The number of piperidine rings is 1. The number of ether oxygens (including phenoxy) is 1. The van der Waals surface area contributed by atoms with Gasteiger partial charge in [0.2, 0.25) is 0 Å². The van der Waals surface area contributed by atoms with E-state index >= 15 is 0 Å². The zero-order valence-electron chi connectivity index (χ0n) is 16.2. The molecular weight excluding hydrogens is 364 g/mol. The first-order valence-corrected chi connectivity index (χ1v) is 10.8. The number of hydrogen-bond acceptors (Lipinski definition) is 5. The van der Waals surface area contributed by atoms with Gasteiger partial charge in [-0.3, -0.25) is 14.3 Å². The van der Waals surface area contributed by atoms with E-state index in [1.54, 1.807) is 38.2 Å². The highest BCUT2D eigenvalue weighted by molar-refractivity contribution is 7.92. The van der Waals surface area contributed by atoms with Crippen molar-refractivity contribution in [2.75, 3.05) is 31.0 Å². The molecule has 7 nitrogen and oxygen atoms in total. The molecule has 1 aliphatic heterocycles. The van der Waals surface area contributed by atoms with Gasteiger partial charge in [-0.15, -0.1) is 0 Å². The number of aromatic nitrogens is 2. The number of rotatable bonds is 7. The summed E-state index contributed by atoms with van der Waals surface area (Å²) in [6, 6.07) is 6.99. The molecule has 1 N–H and O–H groups in total. The molecule has 8 heteroatoms. The van der Waals surface area contributed by atoms with Crippen LogP contribution in [0.5, 0.6) is 5.75 Å². The molecule has 0 saturated carbocycles. The van der Waals surface area contributed by atoms with Crippen LogP contribution in [0.4, 0.5) is 5.69 Å².